The standard InChI is InChI=1S/C19H18O3S/c1-12-10-14(6-9-17(12)23-3)16-11-22-19(20)18(16)13-4-7-15(21-2)8-5-13/h4-10H,11H2,1-3H3. The molecule has 3 nitrogen and oxygen atoms in total. The van der Waals surface area contributed by atoms with Crippen molar-refractivity contribution in [3.63, 3.8) is 0 Å². The van der Waals surface area contributed by atoms with Crippen molar-refractivity contribution < 1.29 is 14.3 Å². The third-order valence-corrected chi connectivity index (χ3v) is 4.87. The predicted molar refractivity (Wildman–Crippen MR) is 93.7 cm³/mol. The number of carbonyl (C=O) groups is 1. The summed E-state index contributed by atoms with van der Waals surface area (Å²) in [4.78, 5) is 13.4. The Hall–Kier alpha value is -2.20. The number of hydrogen-bond donors (Lipinski definition) is 0. The van der Waals surface area contributed by atoms with E-state index in [-0.39, 0.29) is 5.97 Å². The van der Waals surface area contributed by atoms with Crippen LogP contribution in [-0.2, 0) is 9.53 Å². The van der Waals surface area contributed by atoms with Crippen LogP contribution in [0.1, 0.15) is 16.7 Å². The van der Waals surface area contributed by atoms with Crippen LogP contribution in [0.2, 0.25) is 0 Å². The zero-order valence-electron chi connectivity index (χ0n) is 13.4. The molecule has 118 valence electrons. The summed E-state index contributed by atoms with van der Waals surface area (Å²) in [5.41, 5.74) is 4.68. The maximum absolute atomic E-state index is 12.2. The highest BCUT2D eigenvalue weighted by Crippen LogP contribution is 2.35. The van der Waals surface area contributed by atoms with Crippen LogP contribution in [0.25, 0.3) is 11.1 Å². The Morgan fingerprint density at radius 3 is 2.39 bits per heavy atom. The number of hydrogen-bond acceptors (Lipinski definition) is 4. The highest BCUT2D eigenvalue weighted by Gasteiger charge is 2.27. The number of cyclic esters (lactones) is 1. The molecule has 0 saturated carbocycles. The summed E-state index contributed by atoms with van der Waals surface area (Å²) in [6.45, 7) is 2.40. The second kappa shape index (κ2) is 6.50. The zero-order valence-corrected chi connectivity index (χ0v) is 14.2. The van der Waals surface area contributed by atoms with Crippen LogP contribution in [0.4, 0.5) is 0 Å². The molecule has 0 saturated heterocycles. The molecule has 0 aromatic heterocycles. The molecule has 0 radical (unpaired) electrons. The number of thioether (sulfide) groups is 1. The number of ether oxygens (including phenoxy) is 2. The third kappa shape index (κ3) is 2.99. The molecule has 0 fully saturated rings. The van der Waals surface area contributed by atoms with Crippen molar-refractivity contribution in [2.24, 2.45) is 0 Å². The number of rotatable bonds is 4. The van der Waals surface area contributed by atoms with Crippen molar-refractivity contribution in [3.05, 3.63) is 59.2 Å². The SMILES string of the molecule is COc1ccc(C2=C(c3ccc(SC)c(C)c3)COC2=O)cc1. The van der Waals surface area contributed by atoms with E-state index in [4.69, 9.17) is 9.47 Å². The monoisotopic (exact) mass is 326 g/mol. The van der Waals surface area contributed by atoms with Crippen LogP contribution >= 0.6 is 11.8 Å². The Labute approximate surface area is 140 Å². The van der Waals surface area contributed by atoms with E-state index in [0.717, 1.165) is 22.4 Å². The molecule has 3 rings (SSSR count). The molecule has 0 N–H and O–H groups in total. The summed E-state index contributed by atoms with van der Waals surface area (Å²) in [6.07, 6.45) is 2.06. The molecule has 23 heavy (non-hydrogen) atoms. The number of methoxy groups -OCH3 is 1. The van der Waals surface area contributed by atoms with Gasteiger partial charge in [0.15, 0.2) is 0 Å². The number of benzene rings is 2. The van der Waals surface area contributed by atoms with Gasteiger partial charge in [-0.1, -0.05) is 24.3 Å². The lowest BCUT2D eigenvalue weighted by atomic mass is 9.96. The lowest BCUT2D eigenvalue weighted by molar-refractivity contribution is -0.133. The van der Waals surface area contributed by atoms with E-state index in [1.807, 2.05) is 24.3 Å². The summed E-state index contributed by atoms with van der Waals surface area (Å²) < 4.78 is 10.5. The van der Waals surface area contributed by atoms with Crippen LogP contribution in [-0.4, -0.2) is 25.9 Å². The van der Waals surface area contributed by atoms with E-state index in [1.165, 1.54) is 10.5 Å². The van der Waals surface area contributed by atoms with E-state index in [0.29, 0.717) is 12.2 Å². The van der Waals surface area contributed by atoms with Crippen LogP contribution in [0, 0.1) is 6.92 Å². The highest BCUT2D eigenvalue weighted by atomic mass is 32.2. The molecule has 1 aliphatic rings. The normalized spacial score (nSPS) is 14.1. The molecular formula is C19H18O3S. The molecule has 0 atom stereocenters. The van der Waals surface area contributed by atoms with Crippen LogP contribution < -0.4 is 4.74 Å². The van der Waals surface area contributed by atoms with Gasteiger partial charge in [0.05, 0.1) is 12.7 Å². The van der Waals surface area contributed by atoms with Gasteiger partial charge in [0.1, 0.15) is 12.4 Å². The molecule has 4 heteroatoms. The first-order valence-electron chi connectivity index (χ1n) is 7.33. The van der Waals surface area contributed by atoms with E-state index in [9.17, 15) is 4.79 Å². The highest BCUT2D eigenvalue weighted by molar-refractivity contribution is 7.98. The van der Waals surface area contributed by atoms with E-state index in [2.05, 4.69) is 31.4 Å². The third-order valence-electron chi connectivity index (χ3n) is 3.98. The van der Waals surface area contributed by atoms with E-state index in [1.54, 1.807) is 18.9 Å². The van der Waals surface area contributed by atoms with Crippen molar-refractivity contribution in [3.8, 4) is 5.75 Å². The summed E-state index contributed by atoms with van der Waals surface area (Å²) >= 11 is 1.72. The van der Waals surface area contributed by atoms with Gasteiger partial charge >= 0.3 is 5.97 Å². The topological polar surface area (TPSA) is 35.5 Å². The fourth-order valence-corrected chi connectivity index (χ4v) is 3.33. The predicted octanol–water partition coefficient (Wildman–Crippen LogP) is 4.19. The molecule has 2 aromatic rings. The first-order chi connectivity index (χ1) is 11.1. The van der Waals surface area contributed by atoms with Gasteiger partial charge in [-0.05, 0) is 48.1 Å². The largest absolute Gasteiger partial charge is 0.497 e. The second-order valence-corrected chi connectivity index (χ2v) is 6.19. The van der Waals surface area contributed by atoms with Crippen LogP contribution in [0.3, 0.4) is 0 Å². The Kier molecular flexibility index (Phi) is 4.44. The Balaban J connectivity index is 2.08. The number of esters is 1. The molecule has 0 unspecified atom stereocenters. The van der Waals surface area contributed by atoms with Gasteiger partial charge in [0, 0.05) is 10.5 Å². The average Bonchev–Trinajstić information content (AvgIpc) is 2.96. The summed E-state index contributed by atoms with van der Waals surface area (Å²) in [7, 11) is 1.62. The Morgan fingerprint density at radius 1 is 1.09 bits per heavy atom. The van der Waals surface area contributed by atoms with Gasteiger partial charge in [-0.2, -0.15) is 0 Å². The van der Waals surface area contributed by atoms with Crippen LogP contribution in [0.15, 0.2) is 47.4 Å². The molecule has 2 aromatic carbocycles. The summed E-state index contributed by atoms with van der Waals surface area (Å²) in [5.74, 6) is 0.499. The van der Waals surface area contributed by atoms with Crippen molar-refractivity contribution >= 4 is 28.9 Å². The first-order valence-corrected chi connectivity index (χ1v) is 8.56. The molecule has 0 spiro atoms. The molecular weight excluding hydrogens is 308 g/mol. The molecule has 0 bridgehead atoms. The maximum Gasteiger partial charge on any atom is 0.339 e. The van der Waals surface area contributed by atoms with Crippen molar-refractivity contribution in [2.75, 3.05) is 20.0 Å². The van der Waals surface area contributed by atoms with Crippen molar-refractivity contribution in [1.82, 2.24) is 0 Å². The Morgan fingerprint density at radius 2 is 1.78 bits per heavy atom. The smallest absolute Gasteiger partial charge is 0.339 e. The van der Waals surface area contributed by atoms with Gasteiger partial charge in [0.25, 0.3) is 0 Å². The minimum absolute atomic E-state index is 0.267. The summed E-state index contributed by atoms with van der Waals surface area (Å²) in [5, 5.41) is 0. The van der Waals surface area contributed by atoms with Gasteiger partial charge in [0.2, 0.25) is 0 Å². The van der Waals surface area contributed by atoms with Crippen molar-refractivity contribution in [1.29, 1.82) is 0 Å². The van der Waals surface area contributed by atoms with Gasteiger partial charge in [-0.25, -0.2) is 4.79 Å². The van der Waals surface area contributed by atoms with E-state index >= 15 is 0 Å². The minimum atomic E-state index is -0.267. The van der Waals surface area contributed by atoms with E-state index < -0.39 is 0 Å². The fraction of sp³-hybridized carbons (Fsp3) is 0.211. The molecule has 0 aliphatic carbocycles. The number of aryl methyl sites for hydroxylation is 1. The fourth-order valence-electron chi connectivity index (χ4n) is 2.75. The zero-order chi connectivity index (χ0) is 16.4. The van der Waals surface area contributed by atoms with Crippen LogP contribution in [0.5, 0.6) is 5.75 Å². The quantitative estimate of drug-likeness (QED) is 0.623. The second-order valence-electron chi connectivity index (χ2n) is 5.34. The summed E-state index contributed by atoms with van der Waals surface area (Å²) in [6, 6.07) is 13.8. The lowest BCUT2D eigenvalue weighted by Gasteiger charge is -2.09. The van der Waals surface area contributed by atoms with Crippen molar-refractivity contribution in [2.45, 2.75) is 11.8 Å². The first kappa shape index (κ1) is 15.7. The molecule has 1 heterocycles. The average molecular weight is 326 g/mol. The number of carbonyl (C=O) groups excluding carboxylic acids is 1. The molecule has 1 aliphatic heterocycles. The van der Waals surface area contributed by atoms with Gasteiger partial charge < -0.3 is 9.47 Å². The van der Waals surface area contributed by atoms with Gasteiger partial charge in [-0.3, -0.25) is 0 Å². The Bertz CT molecular complexity index is 776. The maximum atomic E-state index is 12.2. The molecule has 0 amide bonds. The minimum Gasteiger partial charge on any atom is -0.497 e. The lowest BCUT2D eigenvalue weighted by Crippen LogP contribution is -1.98. The van der Waals surface area contributed by atoms with Gasteiger partial charge in [-0.15, -0.1) is 11.8 Å².